The summed E-state index contributed by atoms with van der Waals surface area (Å²) in [6.45, 7) is 1.24. The molecular formula is C4H6NbO3. The van der Waals surface area contributed by atoms with E-state index >= 15 is 0 Å². The zero-order valence-corrected chi connectivity index (χ0v) is 6.62. The van der Waals surface area contributed by atoms with Gasteiger partial charge in [0, 0.05) is 22.4 Å². The normalized spacial score (nSPS) is 7.12. The molecule has 0 aromatic carbocycles. The van der Waals surface area contributed by atoms with Crippen molar-refractivity contribution in [2.24, 2.45) is 0 Å². The molecule has 4 heteroatoms. The molecule has 45 valence electrons. The molecule has 0 spiro atoms. The Morgan fingerprint density at radius 2 is 1.88 bits per heavy atom. The van der Waals surface area contributed by atoms with Crippen molar-refractivity contribution in [2.45, 2.75) is 13.3 Å². The Kier molecular flexibility index (Phi) is 6.78. The monoisotopic (exact) mass is 195 g/mol. The summed E-state index contributed by atoms with van der Waals surface area (Å²) in [7, 11) is 0. The number of hydrogen-bond acceptors (Lipinski definition) is 2. The second-order valence-corrected chi connectivity index (χ2v) is 1.27. The van der Waals surface area contributed by atoms with E-state index in [0.717, 1.165) is 0 Å². The van der Waals surface area contributed by atoms with E-state index in [0.29, 0.717) is 0 Å². The first kappa shape index (κ1) is 10.8. The summed E-state index contributed by atoms with van der Waals surface area (Å²) in [6, 6.07) is 0. The summed E-state index contributed by atoms with van der Waals surface area (Å²) in [4.78, 5) is 19.5. The van der Waals surface area contributed by atoms with Gasteiger partial charge in [-0.25, -0.2) is 0 Å². The molecule has 0 aromatic heterocycles. The first-order valence-corrected chi connectivity index (χ1v) is 1.84. The van der Waals surface area contributed by atoms with Crippen molar-refractivity contribution in [3.05, 3.63) is 0 Å². The first-order valence-electron chi connectivity index (χ1n) is 1.84. The minimum absolute atomic E-state index is 0. The molecule has 1 radical (unpaired) electrons. The molecule has 0 heterocycles. The fraction of sp³-hybridized carbons (Fsp3) is 0.500. The van der Waals surface area contributed by atoms with Crippen LogP contribution in [0.1, 0.15) is 13.3 Å². The molecule has 0 unspecified atom stereocenters. The van der Waals surface area contributed by atoms with Gasteiger partial charge in [0.15, 0.2) is 0 Å². The Bertz CT molecular complexity index is 87.5. The van der Waals surface area contributed by atoms with E-state index in [1.165, 1.54) is 6.92 Å². The predicted molar refractivity (Wildman–Crippen MR) is 22.9 cm³/mol. The minimum Gasteiger partial charge on any atom is -0.481 e. The third kappa shape index (κ3) is 9.30. The van der Waals surface area contributed by atoms with E-state index in [-0.39, 0.29) is 34.6 Å². The molecular weight excluding hydrogens is 189 g/mol. The smallest absolute Gasteiger partial charge is 0.310 e. The van der Waals surface area contributed by atoms with Crippen molar-refractivity contribution in [2.75, 3.05) is 0 Å². The number of carbonyl (C=O) groups is 2. The third-order valence-corrected chi connectivity index (χ3v) is 0.400. The van der Waals surface area contributed by atoms with Crippen molar-refractivity contribution in [1.82, 2.24) is 0 Å². The van der Waals surface area contributed by atoms with Gasteiger partial charge >= 0.3 is 5.97 Å². The Balaban J connectivity index is 0. The van der Waals surface area contributed by atoms with Crippen LogP contribution in [0, 0.1) is 0 Å². The maximum absolute atomic E-state index is 9.87. The van der Waals surface area contributed by atoms with Crippen LogP contribution in [0.5, 0.6) is 0 Å². The largest absolute Gasteiger partial charge is 0.481 e. The molecule has 0 aliphatic carbocycles. The first-order chi connectivity index (χ1) is 3.13. The molecule has 0 saturated carbocycles. The maximum Gasteiger partial charge on any atom is 0.310 e. The van der Waals surface area contributed by atoms with Gasteiger partial charge in [-0.1, -0.05) is 0 Å². The van der Waals surface area contributed by atoms with Gasteiger partial charge in [-0.3, -0.25) is 9.59 Å². The third-order valence-electron chi connectivity index (χ3n) is 0.400. The number of aliphatic carboxylic acids is 1. The minimum atomic E-state index is -1.06. The van der Waals surface area contributed by atoms with Crippen molar-refractivity contribution < 1.29 is 37.1 Å². The summed E-state index contributed by atoms with van der Waals surface area (Å²) >= 11 is 0. The topological polar surface area (TPSA) is 54.4 Å². The van der Waals surface area contributed by atoms with Gasteiger partial charge in [0.2, 0.25) is 0 Å². The maximum atomic E-state index is 9.87. The van der Waals surface area contributed by atoms with Crippen molar-refractivity contribution in [3.63, 3.8) is 0 Å². The van der Waals surface area contributed by atoms with E-state index in [1.54, 1.807) is 0 Å². The van der Waals surface area contributed by atoms with Gasteiger partial charge in [0.1, 0.15) is 12.2 Å². The van der Waals surface area contributed by atoms with Crippen LogP contribution in [0.2, 0.25) is 0 Å². The van der Waals surface area contributed by atoms with Crippen LogP contribution >= 0.6 is 0 Å². The summed E-state index contributed by atoms with van der Waals surface area (Å²) in [5.74, 6) is -1.37. The zero-order chi connectivity index (χ0) is 5.86. The average molecular weight is 195 g/mol. The van der Waals surface area contributed by atoms with Crippen LogP contribution in [-0.4, -0.2) is 16.9 Å². The summed E-state index contributed by atoms with van der Waals surface area (Å²) < 4.78 is 0. The number of carbonyl (C=O) groups excluding carboxylic acids is 1. The van der Waals surface area contributed by atoms with Crippen molar-refractivity contribution in [1.29, 1.82) is 0 Å². The molecule has 0 aromatic rings. The second kappa shape index (κ2) is 5.03. The van der Waals surface area contributed by atoms with Crippen LogP contribution in [0.3, 0.4) is 0 Å². The zero-order valence-electron chi connectivity index (χ0n) is 4.42. The van der Waals surface area contributed by atoms with E-state index in [9.17, 15) is 9.59 Å². The SMILES string of the molecule is CC(=O)CC(=O)O.[Nb]. The second-order valence-electron chi connectivity index (χ2n) is 1.27. The number of rotatable bonds is 2. The van der Waals surface area contributed by atoms with E-state index in [1.807, 2.05) is 0 Å². The van der Waals surface area contributed by atoms with Gasteiger partial charge < -0.3 is 5.11 Å². The molecule has 0 aliphatic rings. The number of hydrogen-bond donors (Lipinski definition) is 1. The molecule has 3 nitrogen and oxygen atoms in total. The van der Waals surface area contributed by atoms with Crippen LogP contribution in [0.25, 0.3) is 0 Å². The Morgan fingerprint density at radius 3 is 1.88 bits per heavy atom. The van der Waals surface area contributed by atoms with Gasteiger partial charge in [0.05, 0.1) is 0 Å². The van der Waals surface area contributed by atoms with E-state index in [2.05, 4.69) is 0 Å². The number of carboxylic acids is 1. The molecule has 0 fully saturated rings. The van der Waals surface area contributed by atoms with Crippen LogP contribution in [0.4, 0.5) is 0 Å². The van der Waals surface area contributed by atoms with Gasteiger partial charge in [0.25, 0.3) is 0 Å². The molecule has 8 heavy (non-hydrogen) atoms. The van der Waals surface area contributed by atoms with E-state index < -0.39 is 5.97 Å². The fourth-order valence-corrected chi connectivity index (χ4v) is 0.213. The molecule has 0 amide bonds. The number of Topliss-reactive ketones (excluding diaryl/α,β-unsaturated/α-hetero) is 1. The van der Waals surface area contributed by atoms with Crippen LogP contribution < -0.4 is 0 Å². The number of carboxylic acid groups (broad SMARTS) is 1. The predicted octanol–water partition coefficient (Wildman–Crippen LogP) is 0.0476. The van der Waals surface area contributed by atoms with E-state index in [4.69, 9.17) is 5.11 Å². The quantitative estimate of drug-likeness (QED) is 0.500. The van der Waals surface area contributed by atoms with Gasteiger partial charge in [-0.15, -0.1) is 0 Å². The molecule has 1 N–H and O–H groups in total. The molecule has 0 bridgehead atoms. The Morgan fingerprint density at radius 1 is 1.50 bits per heavy atom. The summed E-state index contributed by atoms with van der Waals surface area (Å²) in [5, 5.41) is 7.86. The van der Waals surface area contributed by atoms with Crippen LogP contribution in [0.15, 0.2) is 0 Å². The summed E-state index contributed by atoms with van der Waals surface area (Å²) in [5.41, 5.74) is 0. The van der Waals surface area contributed by atoms with Gasteiger partial charge in [-0.2, -0.15) is 0 Å². The fourth-order valence-electron chi connectivity index (χ4n) is 0.213. The molecule has 0 saturated heterocycles. The van der Waals surface area contributed by atoms with Crippen molar-refractivity contribution >= 4 is 11.8 Å². The van der Waals surface area contributed by atoms with Crippen molar-refractivity contribution in [3.8, 4) is 0 Å². The molecule has 0 aliphatic heterocycles. The standard InChI is InChI=1S/C4H6O3.Nb/c1-3(5)2-4(6)7;/h2H2,1H3,(H,6,7);. The molecule has 0 atom stereocenters. The molecule has 0 rings (SSSR count). The number of ketones is 1. The summed E-state index contributed by atoms with van der Waals surface area (Å²) in [6.07, 6.45) is -0.361. The Hall–Kier alpha value is -0.120. The van der Waals surface area contributed by atoms with Crippen LogP contribution in [-0.2, 0) is 32.0 Å². The average Bonchev–Trinajstić information content (AvgIpc) is 1.27. The van der Waals surface area contributed by atoms with Gasteiger partial charge in [-0.05, 0) is 6.92 Å². The Labute approximate surface area is 62.6 Å².